The van der Waals surface area contributed by atoms with Crippen molar-refractivity contribution in [3.8, 4) is 0 Å². The monoisotopic (exact) mass is 330 g/mol. The second kappa shape index (κ2) is 8.27. The van der Waals surface area contributed by atoms with Gasteiger partial charge in [-0.2, -0.15) is 0 Å². The van der Waals surface area contributed by atoms with Crippen LogP contribution in [0, 0.1) is 0 Å². The molecule has 1 amide bonds. The predicted molar refractivity (Wildman–Crippen MR) is 103 cm³/mol. The molecular weight excluding hydrogens is 308 g/mol. The van der Waals surface area contributed by atoms with Gasteiger partial charge in [0.25, 0.3) is 5.91 Å². The Morgan fingerprint density at radius 1 is 0.840 bits per heavy atom. The van der Waals surface area contributed by atoms with Crippen molar-refractivity contribution in [3.05, 3.63) is 102 Å². The Kier molecular flexibility index (Phi) is 5.60. The van der Waals surface area contributed by atoms with Gasteiger partial charge in [-0.15, -0.1) is 0 Å². The second-order valence-corrected chi connectivity index (χ2v) is 6.03. The third kappa shape index (κ3) is 4.78. The summed E-state index contributed by atoms with van der Waals surface area (Å²) < 4.78 is 0. The summed E-state index contributed by atoms with van der Waals surface area (Å²) in [7, 11) is 0. The third-order valence-corrected chi connectivity index (χ3v) is 4.16. The molecule has 25 heavy (non-hydrogen) atoms. The van der Waals surface area contributed by atoms with Gasteiger partial charge in [0.1, 0.15) is 0 Å². The maximum Gasteiger partial charge on any atom is 0.255 e. The van der Waals surface area contributed by atoms with Gasteiger partial charge in [-0.05, 0) is 42.3 Å². The average molecular weight is 330 g/mol. The van der Waals surface area contributed by atoms with E-state index in [9.17, 15) is 4.79 Å². The molecule has 3 nitrogen and oxygen atoms in total. The number of rotatable bonds is 6. The maximum atomic E-state index is 12.2. The molecule has 0 bridgehead atoms. The molecule has 0 saturated heterocycles. The SMILES string of the molecule is CC(NCc1ccc(C(=O)Nc2ccccc2)cc1)c1ccccc1. The Morgan fingerprint density at radius 2 is 1.44 bits per heavy atom. The highest BCUT2D eigenvalue weighted by atomic mass is 16.1. The van der Waals surface area contributed by atoms with E-state index in [0.717, 1.165) is 17.8 Å². The van der Waals surface area contributed by atoms with Crippen LogP contribution in [0.5, 0.6) is 0 Å². The first-order chi connectivity index (χ1) is 12.2. The Hall–Kier alpha value is -2.91. The molecule has 0 spiro atoms. The van der Waals surface area contributed by atoms with Crippen molar-refractivity contribution < 1.29 is 4.79 Å². The van der Waals surface area contributed by atoms with Crippen LogP contribution in [-0.4, -0.2) is 5.91 Å². The number of carbonyl (C=O) groups is 1. The van der Waals surface area contributed by atoms with E-state index in [4.69, 9.17) is 0 Å². The molecule has 0 fully saturated rings. The minimum Gasteiger partial charge on any atom is -0.322 e. The van der Waals surface area contributed by atoms with Crippen LogP contribution >= 0.6 is 0 Å². The molecule has 1 unspecified atom stereocenters. The van der Waals surface area contributed by atoms with Gasteiger partial charge in [0, 0.05) is 23.8 Å². The van der Waals surface area contributed by atoms with E-state index in [1.54, 1.807) is 0 Å². The molecule has 2 N–H and O–H groups in total. The summed E-state index contributed by atoms with van der Waals surface area (Å²) in [5, 5.41) is 6.40. The van der Waals surface area contributed by atoms with Crippen LogP contribution < -0.4 is 10.6 Å². The minimum atomic E-state index is -0.0941. The first-order valence-electron chi connectivity index (χ1n) is 8.46. The van der Waals surface area contributed by atoms with Gasteiger partial charge in [0.2, 0.25) is 0 Å². The summed E-state index contributed by atoms with van der Waals surface area (Å²) in [6.07, 6.45) is 0. The van der Waals surface area contributed by atoms with Crippen LogP contribution in [0.15, 0.2) is 84.9 Å². The molecule has 0 aromatic heterocycles. The van der Waals surface area contributed by atoms with E-state index >= 15 is 0 Å². The van der Waals surface area contributed by atoms with Gasteiger partial charge in [0.15, 0.2) is 0 Å². The quantitative estimate of drug-likeness (QED) is 0.682. The molecule has 0 aliphatic heterocycles. The Bertz CT molecular complexity index is 798. The topological polar surface area (TPSA) is 41.1 Å². The lowest BCUT2D eigenvalue weighted by Crippen LogP contribution is -2.18. The first kappa shape index (κ1) is 16.9. The number of anilines is 1. The zero-order valence-electron chi connectivity index (χ0n) is 14.3. The van der Waals surface area contributed by atoms with Crippen molar-refractivity contribution in [3.63, 3.8) is 0 Å². The highest BCUT2D eigenvalue weighted by molar-refractivity contribution is 6.04. The Morgan fingerprint density at radius 3 is 2.08 bits per heavy atom. The molecular formula is C22H22N2O. The van der Waals surface area contributed by atoms with E-state index in [1.165, 1.54) is 5.56 Å². The normalized spacial score (nSPS) is 11.7. The maximum absolute atomic E-state index is 12.2. The standard InChI is InChI=1S/C22H22N2O/c1-17(19-8-4-2-5-9-19)23-16-18-12-14-20(15-13-18)22(25)24-21-10-6-3-7-11-21/h2-15,17,23H,16H2,1H3,(H,24,25). The predicted octanol–water partition coefficient (Wildman–Crippen LogP) is 4.79. The second-order valence-electron chi connectivity index (χ2n) is 6.03. The Balaban J connectivity index is 1.56. The van der Waals surface area contributed by atoms with Crippen LogP contribution in [0.1, 0.15) is 34.5 Å². The molecule has 0 aliphatic carbocycles. The molecule has 3 aromatic carbocycles. The average Bonchev–Trinajstić information content (AvgIpc) is 2.68. The molecule has 0 heterocycles. The van der Waals surface area contributed by atoms with E-state index in [-0.39, 0.29) is 11.9 Å². The van der Waals surface area contributed by atoms with E-state index in [0.29, 0.717) is 5.56 Å². The molecule has 3 heteroatoms. The van der Waals surface area contributed by atoms with Crippen LogP contribution in [0.2, 0.25) is 0 Å². The summed E-state index contributed by atoms with van der Waals surface area (Å²) in [5.41, 5.74) is 3.87. The van der Waals surface area contributed by atoms with Crippen LogP contribution in [-0.2, 0) is 6.54 Å². The molecule has 3 aromatic rings. The van der Waals surface area contributed by atoms with Gasteiger partial charge in [-0.3, -0.25) is 4.79 Å². The molecule has 0 aliphatic rings. The van der Waals surface area contributed by atoms with Crippen molar-refractivity contribution in [1.29, 1.82) is 0 Å². The zero-order valence-corrected chi connectivity index (χ0v) is 14.3. The molecule has 1 atom stereocenters. The van der Waals surface area contributed by atoms with Crippen molar-refractivity contribution in [2.75, 3.05) is 5.32 Å². The van der Waals surface area contributed by atoms with Crippen molar-refractivity contribution in [2.24, 2.45) is 0 Å². The number of hydrogen-bond acceptors (Lipinski definition) is 2. The minimum absolute atomic E-state index is 0.0941. The molecule has 0 radical (unpaired) electrons. The third-order valence-electron chi connectivity index (χ3n) is 4.16. The van der Waals surface area contributed by atoms with Gasteiger partial charge >= 0.3 is 0 Å². The zero-order chi connectivity index (χ0) is 17.5. The van der Waals surface area contributed by atoms with Crippen LogP contribution in [0.3, 0.4) is 0 Å². The van der Waals surface area contributed by atoms with Crippen LogP contribution in [0.4, 0.5) is 5.69 Å². The lowest BCUT2D eigenvalue weighted by Gasteiger charge is -2.14. The lowest BCUT2D eigenvalue weighted by atomic mass is 10.1. The number of hydrogen-bond donors (Lipinski definition) is 2. The summed E-state index contributed by atoms with van der Waals surface area (Å²) in [6.45, 7) is 2.91. The van der Waals surface area contributed by atoms with Crippen molar-refractivity contribution in [2.45, 2.75) is 19.5 Å². The summed E-state index contributed by atoms with van der Waals surface area (Å²) >= 11 is 0. The largest absolute Gasteiger partial charge is 0.322 e. The fraction of sp³-hybridized carbons (Fsp3) is 0.136. The van der Waals surface area contributed by atoms with E-state index in [1.807, 2.05) is 72.8 Å². The summed E-state index contributed by atoms with van der Waals surface area (Å²) in [6, 6.07) is 27.8. The Labute approximate surface area is 148 Å². The number of benzene rings is 3. The highest BCUT2D eigenvalue weighted by Gasteiger charge is 2.07. The number of carbonyl (C=O) groups excluding carboxylic acids is 1. The van der Waals surface area contributed by atoms with Gasteiger partial charge in [-0.1, -0.05) is 60.7 Å². The molecule has 126 valence electrons. The highest BCUT2D eigenvalue weighted by Crippen LogP contribution is 2.13. The van der Waals surface area contributed by atoms with Crippen molar-refractivity contribution in [1.82, 2.24) is 5.32 Å². The number of para-hydroxylation sites is 1. The summed E-state index contributed by atoms with van der Waals surface area (Å²) in [5.74, 6) is -0.0941. The fourth-order valence-electron chi connectivity index (χ4n) is 2.63. The van der Waals surface area contributed by atoms with Gasteiger partial charge in [-0.25, -0.2) is 0 Å². The van der Waals surface area contributed by atoms with Gasteiger partial charge in [0.05, 0.1) is 0 Å². The van der Waals surface area contributed by atoms with E-state index in [2.05, 4.69) is 29.7 Å². The molecule has 3 rings (SSSR count). The number of nitrogens with one attached hydrogen (secondary N) is 2. The van der Waals surface area contributed by atoms with E-state index < -0.39 is 0 Å². The number of amides is 1. The summed E-state index contributed by atoms with van der Waals surface area (Å²) in [4.78, 5) is 12.2. The first-order valence-corrected chi connectivity index (χ1v) is 8.46. The van der Waals surface area contributed by atoms with Crippen LogP contribution in [0.25, 0.3) is 0 Å². The van der Waals surface area contributed by atoms with Crippen molar-refractivity contribution >= 4 is 11.6 Å². The fourth-order valence-corrected chi connectivity index (χ4v) is 2.63. The van der Waals surface area contributed by atoms with Gasteiger partial charge < -0.3 is 10.6 Å². The molecule has 0 saturated carbocycles. The lowest BCUT2D eigenvalue weighted by molar-refractivity contribution is 0.102. The smallest absolute Gasteiger partial charge is 0.255 e.